The van der Waals surface area contributed by atoms with Crippen molar-refractivity contribution in [1.82, 2.24) is 0 Å². The van der Waals surface area contributed by atoms with E-state index in [0.29, 0.717) is 24.0 Å². The highest BCUT2D eigenvalue weighted by molar-refractivity contribution is 5.94. The molecule has 0 radical (unpaired) electrons. The zero-order valence-electron chi connectivity index (χ0n) is 21.0. The van der Waals surface area contributed by atoms with Crippen LogP contribution < -0.4 is 0 Å². The summed E-state index contributed by atoms with van der Waals surface area (Å²) in [5.74, 6) is -0.795. The summed E-state index contributed by atoms with van der Waals surface area (Å²) in [6.45, 7) is 15.4. The Hall–Kier alpha value is -3.66. The Morgan fingerprint density at radius 2 is 1.20 bits per heavy atom. The quantitative estimate of drug-likeness (QED) is 0.271. The third kappa shape index (κ3) is 4.53. The van der Waals surface area contributed by atoms with Crippen LogP contribution >= 0.6 is 0 Å². The van der Waals surface area contributed by atoms with Crippen LogP contribution in [0.5, 0.6) is 0 Å². The average Bonchev–Trinajstić information content (AvgIpc) is 3.06. The van der Waals surface area contributed by atoms with Crippen LogP contribution in [0, 0.1) is 13.8 Å². The average molecular weight is 469 g/mol. The van der Waals surface area contributed by atoms with E-state index >= 15 is 0 Å². The molecule has 0 saturated heterocycles. The van der Waals surface area contributed by atoms with Crippen LogP contribution in [0.15, 0.2) is 72.8 Å². The maximum Gasteiger partial charge on any atom is 0.333 e. The Labute approximate surface area is 207 Å². The van der Waals surface area contributed by atoms with Crippen LogP contribution in [0.1, 0.15) is 48.9 Å². The Morgan fingerprint density at radius 1 is 0.743 bits per heavy atom. The topological polar surface area (TPSA) is 52.6 Å². The molecule has 4 heteroatoms. The van der Waals surface area contributed by atoms with Crippen LogP contribution in [0.2, 0.25) is 0 Å². The summed E-state index contributed by atoms with van der Waals surface area (Å²) in [4.78, 5) is 24.3. The zero-order chi connectivity index (χ0) is 25.3. The summed E-state index contributed by atoms with van der Waals surface area (Å²) in [7, 11) is 0. The van der Waals surface area contributed by atoms with Gasteiger partial charge < -0.3 is 9.47 Å². The number of rotatable bonds is 8. The second-order valence-electron chi connectivity index (χ2n) is 9.64. The predicted molar refractivity (Wildman–Crippen MR) is 140 cm³/mol. The number of fused-ring (bicyclic) bond motifs is 4. The third-order valence-electron chi connectivity index (χ3n) is 7.06. The maximum absolute atomic E-state index is 12.2. The first-order chi connectivity index (χ1) is 16.6. The van der Waals surface area contributed by atoms with E-state index in [9.17, 15) is 9.59 Å². The summed E-state index contributed by atoms with van der Waals surface area (Å²) in [5.41, 5.74) is 7.42. The minimum absolute atomic E-state index is 0.235. The van der Waals surface area contributed by atoms with Gasteiger partial charge in [-0.15, -0.1) is 0 Å². The number of ether oxygens (including phenoxy) is 2. The van der Waals surface area contributed by atoms with E-state index in [1.165, 1.54) is 38.8 Å². The standard InChI is InChI=1S/C31H32O4/c1-19(2)29(32)34-13-11-31(12-14-35-30(33)20(3)4)27-16-22(6)21(5)15-25(27)26-17-23-9-7-8-10-24(23)18-28(26)31/h7-10,15-18H,1,3,11-14H2,2,4-6H3. The smallest absolute Gasteiger partial charge is 0.333 e. The van der Waals surface area contributed by atoms with Crippen LogP contribution in [0.3, 0.4) is 0 Å². The van der Waals surface area contributed by atoms with E-state index in [1.54, 1.807) is 13.8 Å². The number of carbonyl (C=O) groups excluding carboxylic acids is 2. The maximum atomic E-state index is 12.2. The van der Waals surface area contributed by atoms with Gasteiger partial charge in [-0.2, -0.15) is 0 Å². The molecule has 0 atom stereocenters. The molecule has 0 bridgehead atoms. The van der Waals surface area contributed by atoms with Crippen molar-refractivity contribution in [3.8, 4) is 11.1 Å². The monoisotopic (exact) mass is 468 g/mol. The number of benzene rings is 3. The summed E-state index contributed by atoms with van der Waals surface area (Å²) in [5, 5.41) is 2.32. The lowest BCUT2D eigenvalue weighted by atomic mass is 9.72. The molecule has 3 aromatic carbocycles. The van der Waals surface area contributed by atoms with Gasteiger partial charge in [0.05, 0.1) is 13.2 Å². The molecular weight excluding hydrogens is 436 g/mol. The second kappa shape index (κ2) is 9.53. The number of hydrogen-bond acceptors (Lipinski definition) is 4. The minimum atomic E-state index is -0.474. The number of hydrogen-bond donors (Lipinski definition) is 0. The van der Waals surface area contributed by atoms with Crippen molar-refractivity contribution in [3.05, 3.63) is 95.1 Å². The van der Waals surface area contributed by atoms with E-state index < -0.39 is 17.4 Å². The van der Waals surface area contributed by atoms with E-state index in [1.807, 2.05) is 12.1 Å². The van der Waals surface area contributed by atoms with Crippen molar-refractivity contribution in [3.63, 3.8) is 0 Å². The van der Waals surface area contributed by atoms with Gasteiger partial charge in [0.2, 0.25) is 0 Å². The molecule has 1 aliphatic rings. The molecule has 180 valence electrons. The molecule has 4 nitrogen and oxygen atoms in total. The van der Waals surface area contributed by atoms with Crippen molar-refractivity contribution in [2.45, 2.75) is 46.0 Å². The number of aryl methyl sites for hydroxylation is 2. The molecule has 0 amide bonds. The lowest BCUT2D eigenvalue weighted by Gasteiger charge is -2.32. The van der Waals surface area contributed by atoms with Gasteiger partial charge in [0.25, 0.3) is 0 Å². The van der Waals surface area contributed by atoms with Gasteiger partial charge in [-0.1, -0.05) is 49.6 Å². The lowest BCUT2D eigenvalue weighted by molar-refractivity contribution is -0.139. The number of esters is 2. The highest BCUT2D eigenvalue weighted by Crippen LogP contribution is 2.54. The molecule has 0 N–H and O–H groups in total. The van der Waals surface area contributed by atoms with E-state index in [0.717, 1.165) is 5.39 Å². The molecule has 0 saturated carbocycles. The summed E-state index contributed by atoms with van der Waals surface area (Å²) < 4.78 is 11.1. The van der Waals surface area contributed by atoms with E-state index in [2.05, 4.69) is 63.4 Å². The highest BCUT2D eigenvalue weighted by atomic mass is 16.5. The molecule has 3 aromatic rings. The number of carbonyl (C=O) groups is 2. The molecule has 35 heavy (non-hydrogen) atoms. The predicted octanol–water partition coefficient (Wildman–Crippen LogP) is 6.74. The van der Waals surface area contributed by atoms with Gasteiger partial charge >= 0.3 is 11.9 Å². The Bertz CT molecular complexity index is 1330. The van der Waals surface area contributed by atoms with Gasteiger partial charge in [0.15, 0.2) is 0 Å². The molecule has 4 rings (SSSR count). The van der Waals surface area contributed by atoms with Crippen LogP contribution in [-0.4, -0.2) is 25.2 Å². The van der Waals surface area contributed by atoms with Crippen LogP contribution in [-0.2, 0) is 24.5 Å². The third-order valence-corrected chi connectivity index (χ3v) is 7.06. The van der Waals surface area contributed by atoms with E-state index in [-0.39, 0.29) is 13.2 Å². The largest absolute Gasteiger partial charge is 0.462 e. The highest BCUT2D eigenvalue weighted by Gasteiger charge is 2.43. The second-order valence-corrected chi connectivity index (χ2v) is 9.64. The normalized spacial score (nSPS) is 13.1. The molecular formula is C31H32O4. The van der Waals surface area contributed by atoms with E-state index in [4.69, 9.17) is 9.47 Å². The molecule has 0 aromatic heterocycles. The molecule has 0 unspecified atom stereocenters. The SMILES string of the molecule is C=C(C)C(=O)OCCC1(CCOC(=O)C(=C)C)c2cc(C)c(C)cc2-c2cc3ccccc3cc21. The van der Waals surface area contributed by atoms with Gasteiger partial charge in [-0.25, -0.2) is 9.59 Å². The summed E-state index contributed by atoms with van der Waals surface area (Å²) in [6, 6.07) is 17.3. The fourth-order valence-electron chi connectivity index (χ4n) is 4.99. The minimum Gasteiger partial charge on any atom is -0.462 e. The first kappa shape index (κ1) is 24.5. The molecule has 0 heterocycles. The summed E-state index contributed by atoms with van der Waals surface area (Å²) >= 11 is 0. The first-order valence-corrected chi connectivity index (χ1v) is 11.9. The van der Waals surface area contributed by atoms with Gasteiger partial charge in [-0.3, -0.25) is 0 Å². The van der Waals surface area contributed by atoms with Crippen molar-refractivity contribution in [2.24, 2.45) is 0 Å². The molecule has 0 aliphatic heterocycles. The van der Waals surface area contributed by atoms with Gasteiger partial charge in [0, 0.05) is 16.6 Å². The Kier molecular flexibility index (Phi) is 6.66. The van der Waals surface area contributed by atoms with Crippen molar-refractivity contribution in [1.29, 1.82) is 0 Å². The fourth-order valence-corrected chi connectivity index (χ4v) is 4.99. The Balaban J connectivity index is 1.85. The van der Waals surface area contributed by atoms with Crippen molar-refractivity contribution < 1.29 is 19.1 Å². The molecule has 0 spiro atoms. The van der Waals surface area contributed by atoms with Crippen molar-refractivity contribution in [2.75, 3.05) is 13.2 Å². The zero-order valence-corrected chi connectivity index (χ0v) is 21.0. The summed E-state index contributed by atoms with van der Waals surface area (Å²) in [6.07, 6.45) is 1.13. The van der Waals surface area contributed by atoms with Crippen molar-refractivity contribution >= 4 is 22.7 Å². The Morgan fingerprint density at radius 3 is 1.74 bits per heavy atom. The molecule has 0 fully saturated rings. The fraction of sp³-hybridized carbons (Fsp3) is 0.290. The molecule has 1 aliphatic carbocycles. The first-order valence-electron chi connectivity index (χ1n) is 11.9. The van der Waals surface area contributed by atoms with Gasteiger partial charge in [0.1, 0.15) is 0 Å². The van der Waals surface area contributed by atoms with Gasteiger partial charge in [-0.05, 0) is 96.8 Å². The van der Waals surface area contributed by atoms with Crippen LogP contribution in [0.25, 0.3) is 21.9 Å². The lowest BCUT2D eigenvalue weighted by Crippen LogP contribution is -2.30. The van der Waals surface area contributed by atoms with Crippen LogP contribution in [0.4, 0.5) is 0 Å².